The van der Waals surface area contributed by atoms with Gasteiger partial charge < -0.3 is 15.0 Å². The van der Waals surface area contributed by atoms with Gasteiger partial charge in [0.15, 0.2) is 6.61 Å². The van der Waals surface area contributed by atoms with Gasteiger partial charge >= 0.3 is 0 Å². The Bertz CT molecular complexity index is 834. The molecule has 2 aromatic rings. The van der Waals surface area contributed by atoms with Crippen molar-refractivity contribution in [1.29, 1.82) is 0 Å². The monoisotopic (exact) mass is 396 g/mol. The van der Waals surface area contributed by atoms with E-state index in [0.717, 1.165) is 22.3 Å². The fourth-order valence-electron chi connectivity index (χ4n) is 3.36. The molecule has 1 atom stereocenters. The lowest BCUT2D eigenvalue weighted by molar-refractivity contribution is -0.142. The molecule has 0 radical (unpaired) electrons. The summed E-state index contributed by atoms with van der Waals surface area (Å²) in [5.41, 5.74) is 4.22. The van der Waals surface area contributed by atoms with Crippen LogP contribution in [0.1, 0.15) is 42.5 Å². The summed E-state index contributed by atoms with van der Waals surface area (Å²) in [4.78, 5) is 27.3. The summed E-state index contributed by atoms with van der Waals surface area (Å²) < 4.78 is 5.89. The van der Waals surface area contributed by atoms with Crippen molar-refractivity contribution in [2.75, 3.05) is 13.2 Å². The highest BCUT2D eigenvalue weighted by Gasteiger charge is 2.28. The predicted molar refractivity (Wildman–Crippen MR) is 116 cm³/mol. The molecule has 0 saturated carbocycles. The minimum absolute atomic E-state index is 0.105. The molecule has 0 aliphatic heterocycles. The molecule has 2 rings (SSSR count). The van der Waals surface area contributed by atoms with Crippen LogP contribution in [0.2, 0.25) is 0 Å². The minimum Gasteiger partial charge on any atom is -0.483 e. The van der Waals surface area contributed by atoms with Gasteiger partial charge in [-0.1, -0.05) is 43.3 Å². The topological polar surface area (TPSA) is 58.6 Å². The lowest BCUT2D eigenvalue weighted by Crippen LogP contribution is -2.50. The van der Waals surface area contributed by atoms with Crippen molar-refractivity contribution in [2.24, 2.45) is 0 Å². The van der Waals surface area contributed by atoms with Gasteiger partial charge in [0.05, 0.1) is 0 Å². The van der Waals surface area contributed by atoms with Crippen molar-refractivity contribution in [1.82, 2.24) is 10.2 Å². The van der Waals surface area contributed by atoms with E-state index in [1.165, 1.54) is 0 Å². The van der Waals surface area contributed by atoms with Crippen LogP contribution in [0.4, 0.5) is 0 Å². The van der Waals surface area contributed by atoms with E-state index in [1.54, 1.807) is 4.90 Å². The molecule has 0 aromatic heterocycles. The Balaban J connectivity index is 2.22. The maximum atomic E-state index is 13.1. The average Bonchev–Trinajstić information content (AvgIpc) is 2.70. The first-order valence-corrected chi connectivity index (χ1v) is 10.2. The lowest BCUT2D eigenvalue weighted by atomic mass is 10.1. The van der Waals surface area contributed by atoms with Crippen molar-refractivity contribution < 1.29 is 14.3 Å². The highest BCUT2D eigenvalue weighted by Crippen LogP contribution is 2.23. The van der Waals surface area contributed by atoms with E-state index in [4.69, 9.17) is 4.74 Å². The number of nitrogens with one attached hydrogen (secondary N) is 1. The van der Waals surface area contributed by atoms with Gasteiger partial charge in [-0.05, 0) is 62.4 Å². The Kier molecular flexibility index (Phi) is 8.25. The number of hydrogen-bond acceptors (Lipinski definition) is 3. The Morgan fingerprint density at radius 1 is 1.07 bits per heavy atom. The van der Waals surface area contributed by atoms with Crippen molar-refractivity contribution >= 4 is 11.8 Å². The number of aryl methyl sites for hydroxylation is 2. The smallest absolute Gasteiger partial charge is 0.261 e. The molecule has 5 nitrogen and oxygen atoms in total. The van der Waals surface area contributed by atoms with E-state index >= 15 is 0 Å². The van der Waals surface area contributed by atoms with Gasteiger partial charge in [-0.3, -0.25) is 9.59 Å². The first-order valence-electron chi connectivity index (χ1n) is 10.2. The number of carbonyl (C=O) groups excluding carboxylic acids is 2. The number of carbonyl (C=O) groups is 2. The zero-order valence-corrected chi connectivity index (χ0v) is 18.1. The third kappa shape index (κ3) is 6.08. The van der Waals surface area contributed by atoms with Crippen LogP contribution in [-0.4, -0.2) is 35.9 Å². The molecule has 0 unspecified atom stereocenters. The number of likely N-dealkylation sites (N-methyl/N-ethyl adjacent to an activating group) is 1. The van der Waals surface area contributed by atoms with Gasteiger partial charge in [0.25, 0.3) is 5.91 Å². The molecule has 0 aliphatic rings. The largest absolute Gasteiger partial charge is 0.483 e. The van der Waals surface area contributed by atoms with Gasteiger partial charge in [-0.15, -0.1) is 0 Å². The summed E-state index contributed by atoms with van der Waals surface area (Å²) in [5, 5.41) is 2.84. The van der Waals surface area contributed by atoms with Gasteiger partial charge in [-0.25, -0.2) is 0 Å². The first kappa shape index (κ1) is 22.5. The van der Waals surface area contributed by atoms with E-state index < -0.39 is 6.04 Å². The normalized spacial score (nSPS) is 11.6. The molecule has 1 N–H and O–H groups in total. The first-order chi connectivity index (χ1) is 13.9. The van der Waals surface area contributed by atoms with Crippen molar-refractivity contribution in [3.8, 4) is 5.75 Å². The second-order valence-electron chi connectivity index (χ2n) is 7.32. The molecular weight excluding hydrogens is 364 g/mol. The lowest BCUT2D eigenvalue weighted by Gasteiger charge is -2.30. The van der Waals surface area contributed by atoms with E-state index in [9.17, 15) is 9.59 Å². The fourth-order valence-corrected chi connectivity index (χ4v) is 3.36. The van der Waals surface area contributed by atoms with E-state index in [1.807, 2.05) is 71.0 Å². The Morgan fingerprint density at radius 2 is 1.76 bits per heavy atom. The van der Waals surface area contributed by atoms with Gasteiger partial charge in [-0.2, -0.15) is 0 Å². The highest BCUT2D eigenvalue weighted by molar-refractivity contribution is 5.88. The Morgan fingerprint density at radius 3 is 2.38 bits per heavy atom. The van der Waals surface area contributed by atoms with Crippen LogP contribution in [0, 0.1) is 20.8 Å². The van der Waals surface area contributed by atoms with Gasteiger partial charge in [0.1, 0.15) is 11.8 Å². The summed E-state index contributed by atoms with van der Waals surface area (Å²) >= 11 is 0. The number of ether oxygens (including phenoxy) is 1. The number of benzene rings is 2. The van der Waals surface area contributed by atoms with Crippen molar-refractivity contribution in [3.05, 3.63) is 64.7 Å². The number of hydrogen-bond donors (Lipinski definition) is 1. The molecule has 2 amide bonds. The zero-order valence-electron chi connectivity index (χ0n) is 18.1. The van der Waals surface area contributed by atoms with Gasteiger partial charge in [0, 0.05) is 13.1 Å². The average molecular weight is 397 g/mol. The van der Waals surface area contributed by atoms with Crippen molar-refractivity contribution in [3.63, 3.8) is 0 Å². The molecule has 156 valence electrons. The van der Waals surface area contributed by atoms with E-state index in [0.29, 0.717) is 25.3 Å². The van der Waals surface area contributed by atoms with Crippen LogP contribution in [-0.2, 0) is 16.1 Å². The quantitative estimate of drug-likeness (QED) is 0.699. The molecule has 0 aliphatic carbocycles. The molecule has 0 saturated heterocycles. The molecule has 0 spiro atoms. The predicted octanol–water partition coefficient (Wildman–Crippen LogP) is 3.93. The molecule has 0 heterocycles. The molecule has 0 fully saturated rings. The van der Waals surface area contributed by atoms with E-state index in [2.05, 4.69) is 11.4 Å². The van der Waals surface area contributed by atoms with Crippen LogP contribution >= 0.6 is 0 Å². The van der Waals surface area contributed by atoms with Crippen LogP contribution in [0.25, 0.3) is 0 Å². The number of amides is 2. The van der Waals surface area contributed by atoms with E-state index in [-0.39, 0.29) is 18.4 Å². The summed E-state index contributed by atoms with van der Waals surface area (Å²) in [6, 6.07) is 13.2. The van der Waals surface area contributed by atoms with Gasteiger partial charge in [0.2, 0.25) is 5.91 Å². The minimum atomic E-state index is -0.536. The summed E-state index contributed by atoms with van der Waals surface area (Å²) in [5.74, 6) is 0.369. The molecular formula is C24H32N2O3. The van der Waals surface area contributed by atoms with Crippen LogP contribution in [0.15, 0.2) is 42.5 Å². The maximum Gasteiger partial charge on any atom is 0.261 e. The summed E-state index contributed by atoms with van der Waals surface area (Å²) in [6.07, 6.45) is 0.535. The second-order valence-corrected chi connectivity index (χ2v) is 7.32. The maximum absolute atomic E-state index is 13.1. The van der Waals surface area contributed by atoms with Crippen LogP contribution in [0.3, 0.4) is 0 Å². The highest BCUT2D eigenvalue weighted by atomic mass is 16.5. The summed E-state index contributed by atoms with van der Waals surface area (Å²) in [6.45, 7) is 10.6. The molecule has 0 bridgehead atoms. The number of rotatable bonds is 9. The van der Waals surface area contributed by atoms with Crippen LogP contribution in [0.5, 0.6) is 5.75 Å². The summed E-state index contributed by atoms with van der Waals surface area (Å²) in [7, 11) is 0. The van der Waals surface area contributed by atoms with Crippen molar-refractivity contribution in [2.45, 2.75) is 53.6 Å². The third-order valence-corrected chi connectivity index (χ3v) is 5.05. The van der Waals surface area contributed by atoms with Crippen LogP contribution < -0.4 is 10.1 Å². The Hall–Kier alpha value is -2.82. The second kappa shape index (κ2) is 10.6. The molecule has 5 heteroatoms. The number of nitrogens with zero attached hydrogens (tertiary/aromatic N) is 1. The Labute approximate surface area is 174 Å². The SMILES string of the molecule is CCNC(=O)[C@@H](CC)N(Cc1ccccc1)C(=O)COc1cc(C)cc(C)c1C. The zero-order chi connectivity index (χ0) is 21.4. The fraction of sp³-hybridized carbons (Fsp3) is 0.417. The molecule has 2 aromatic carbocycles. The third-order valence-electron chi connectivity index (χ3n) is 5.05. The standard InChI is InChI=1S/C24H32N2O3/c1-6-21(24(28)25-7-2)26(15-20-11-9-8-10-12-20)23(27)16-29-22-14-17(3)13-18(4)19(22)5/h8-14,21H,6-7,15-16H2,1-5H3,(H,25,28)/t21-/m1/s1. The molecule has 29 heavy (non-hydrogen) atoms.